The molecule has 0 aromatic heterocycles. The Bertz CT molecular complexity index is 536. The lowest BCUT2D eigenvalue weighted by molar-refractivity contribution is 0.199. The van der Waals surface area contributed by atoms with E-state index in [9.17, 15) is 13.2 Å². The molecule has 1 heterocycles. The third-order valence-corrected chi connectivity index (χ3v) is 3.58. The number of para-hydroxylation sites is 1. The lowest BCUT2D eigenvalue weighted by Gasteiger charge is -2.09. The minimum absolute atomic E-state index is 0.114. The minimum atomic E-state index is -3.16. The summed E-state index contributed by atoms with van der Waals surface area (Å²) >= 11 is 0. The van der Waals surface area contributed by atoms with Gasteiger partial charge in [-0.3, -0.25) is 0 Å². The number of sulfone groups is 1. The molecule has 1 amide bonds. The average Bonchev–Trinajstić information content (AvgIpc) is 2.59. The molecule has 0 unspecified atom stereocenters. The summed E-state index contributed by atoms with van der Waals surface area (Å²) in [5, 5.41) is 3.55. The topological polar surface area (TPSA) is 72.5 Å². The van der Waals surface area contributed by atoms with E-state index in [2.05, 4.69) is 5.32 Å². The Kier molecular flexibility index (Phi) is 3.14. The second-order valence-corrected chi connectivity index (χ2v) is 5.54. The van der Waals surface area contributed by atoms with Crippen LogP contribution in [0, 0.1) is 0 Å². The third kappa shape index (κ3) is 3.32. The van der Waals surface area contributed by atoms with E-state index >= 15 is 0 Å². The molecule has 0 bridgehead atoms. The van der Waals surface area contributed by atoms with Crippen molar-refractivity contribution in [3.05, 3.63) is 41.8 Å². The molecule has 0 spiro atoms. The van der Waals surface area contributed by atoms with Crippen molar-refractivity contribution in [3.63, 3.8) is 0 Å². The number of hydrogen-bond donors (Lipinski definition) is 1. The van der Waals surface area contributed by atoms with Crippen LogP contribution in [0.2, 0.25) is 0 Å². The van der Waals surface area contributed by atoms with Crippen molar-refractivity contribution in [2.75, 3.05) is 5.75 Å². The SMILES string of the molecule is O=C(N[C@@H]1C=CS(=O)(=O)C1)Oc1ccccc1. The molecule has 1 aliphatic rings. The predicted molar refractivity (Wildman–Crippen MR) is 62.3 cm³/mol. The minimum Gasteiger partial charge on any atom is -0.410 e. The van der Waals surface area contributed by atoms with Crippen LogP contribution in [-0.2, 0) is 9.84 Å². The van der Waals surface area contributed by atoms with Crippen LogP contribution in [0.25, 0.3) is 0 Å². The third-order valence-electron chi connectivity index (χ3n) is 2.19. The summed E-state index contributed by atoms with van der Waals surface area (Å²) in [7, 11) is -3.16. The second-order valence-electron chi connectivity index (χ2n) is 3.61. The Morgan fingerprint density at radius 2 is 2.00 bits per heavy atom. The smallest absolute Gasteiger partial charge is 0.410 e. The lowest BCUT2D eigenvalue weighted by Crippen LogP contribution is -2.37. The van der Waals surface area contributed by atoms with Crippen molar-refractivity contribution in [1.29, 1.82) is 0 Å². The molecule has 1 aromatic carbocycles. The number of amides is 1. The summed E-state index contributed by atoms with van der Waals surface area (Å²) in [5.41, 5.74) is 0. The van der Waals surface area contributed by atoms with E-state index in [1.165, 1.54) is 6.08 Å². The average molecular weight is 253 g/mol. The number of carbonyl (C=O) groups is 1. The van der Waals surface area contributed by atoms with Crippen LogP contribution in [0.4, 0.5) is 4.79 Å². The van der Waals surface area contributed by atoms with E-state index in [-0.39, 0.29) is 5.75 Å². The zero-order chi connectivity index (χ0) is 12.3. The fourth-order valence-corrected chi connectivity index (χ4v) is 2.68. The molecule has 5 nitrogen and oxygen atoms in total. The Morgan fingerprint density at radius 1 is 1.29 bits per heavy atom. The van der Waals surface area contributed by atoms with Gasteiger partial charge in [0.05, 0.1) is 11.8 Å². The fraction of sp³-hybridized carbons (Fsp3) is 0.182. The van der Waals surface area contributed by atoms with Gasteiger partial charge in [0.1, 0.15) is 5.75 Å². The van der Waals surface area contributed by atoms with Gasteiger partial charge < -0.3 is 10.1 Å². The van der Waals surface area contributed by atoms with Crippen LogP contribution in [-0.4, -0.2) is 26.3 Å². The highest BCUT2D eigenvalue weighted by atomic mass is 32.2. The van der Waals surface area contributed by atoms with E-state index in [4.69, 9.17) is 4.74 Å². The van der Waals surface area contributed by atoms with Gasteiger partial charge in [0, 0.05) is 5.41 Å². The maximum atomic E-state index is 11.4. The van der Waals surface area contributed by atoms with Gasteiger partial charge in [-0.25, -0.2) is 13.2 Å². The van der Waals surface area contributed by atoms with Crippen LogP contribution in [0.1, 0.15) is 0 Å². The Hall–Kier alpha value is -1.82. The highest BCUT2D eigenvalue weighted by molar-refractivity contribution is 7.94. The first-order valence-electron chi connectivity index (χ1n) is 4.99. The van der Waals surface area contributed by atoms with E-state index in [0.717, 1.165) is 5.41 Å². The molecule has 90 valence electrons. The number of nitrogens with one attached hydrogen (secondary N) is 1. The van der Waals surface area contributed by atoms with Gasteiger partial charge in [0.15, 0.2) is 9.84 Å². The molecular weight excluding hydrogens is 242 g/mol. The molecule has 0 radical (unpaired) electrons. The van der Waals surface area contributed by atoms with Gasteiger partial charge in [-0.05, 0) is 18.2 Å². The first-order valence-corrected chi connectivity index (χ1v) is 6.71. The van der Waals surface area contributed by atoms with Crippen LogP contribution >= 0.6 is 0 Å². The van der Waals surface area contributed by atoms with Gasteiger partial charge in [-0.2, -0.15) is 0 Å². The molecule has 0 aliphatic carbocycles. The molecular formula is C11H11NO4S. The number of rotatable bonds is 2. The van der Waals surface area contributed by atoms with Gasteiger partial charge in [0.2, 0.25) is 0 Å². The van der Waals surface area contributed by atoms with Crippen molar-refractivity contribution in [3.8, 4) is 5.75 Å². The van der Waals surface area contributed by atoms with Crippen molar-refractivity contribution < 1.29 is 17.9 Å². The monoisotopic (exact) mass is 253 g/mol. The summed E-state index contributed by atoms with van der Waals surface area (Å²) in [5.74, 6) is 0.298. The van der Waals surface area contributed by atoms with Gasteiger partial charge in [-0.15, -0.1) is 0 Å². The number of carbonyl (C=O) groups excluding carboxylic acids is 1. The first-order chi connectivity index (χ1) is 8.05. The van der Waals surface area contributed by atoms with Crippen LogP contribution in [0.3, 0.4) is 0 Å². The molecule has 1 aliphatic heterocycles. The molecule has 1 aromatic rings. The number of hydrogen-bond acceptors (Lipinski definition) is 4. The Balaban J connectivity index is 1.89. The van der Waals surface area contributed by atoms with E-state index < -0.39 is 22.0 Å². The summed E-state index contributed by atoms with van der Waals surface area (Å²) < 4.78 is 27.2. The van der Waals surface area contributed by atoms with Gasteiger partial charge in [0.25, 0.3) is 0 Å². The Morgan fingerprint density at radius 3 is 2.59 bits per heavy atom. The molecule has 0 saturated heterocycles. The van der Waals surface area contributed by atoms with Crippen molar-refractivity contribution in [1.82, 2.24) is 5.32 Å². The Labute approximate surface area is 99.0 Å². The van der Waals surface area contributed by atoms with E-state index in [0.29, 0.717) is 5.75 Å². The fourth-order valence-electron chi connectivity index (χ4n) is 1.44. The summed E-state index contributed by atoms with van der Waals surface area (Å²) in [6, 6.07) is 8.04. The van der Waals surface area contributed by atoms with Crippen molar-refractivity contribution in [2.45, 2.75) is 6.04 Å². The highest BCUT2D eigenvalue weighted by Gasteiger charge is 2.23. The standard InChI is InChI=1S/C11H11NO4S/c13-11(16-10-4-2-1-3-5-10)12-9-6-7-17(14,15)8-9/h1-7,9H,8H2,(H,12,13)/t9-/m1/s1. The van der Waals surface area contributed by atoms with E-state index in [1.807, 2.05) is 0 Å². The zero-order valence-electron chi connectivity index (χ0n) is 8.87. The second kappa shape index (κ2) is 4.58. The zero-order valence-corrected chi connectivity index (χ0v) is 9.68. The maximum absolute atomic E-state index is 11.4. The summed E-state index contributed by atoms with van der Waals surface area (Å²) in [6.45, 7) is 0. The van der Waals surface area contributed by atoms with Crippen molar-refractivity contribution >= 4 is 15.9 Å². The van der Waals surface area contributed by atoms with Crippen LogP contribution in [0.5, 0.6) is 5.75 Å². The molecule has 17 heavy (non-hydrogen) atoms. The normalized spacial score (nSPS) is 21.1. The molecule has 0 fully saturated rings. The molecule has 2 rings (SSSR count). The molecule has 1 N–H and O–H groups in total. The van der Waals surface area contributed by atoms with Crippen LogP contribution in [0.15, 0.2) is 41.8 Å². The molecule has 6 heteroatoms. The summed E-state index contributed by atoms with van der Waals surface area (Å²) in [6.07, 6.45) is 0.768. The maximum Gasteiger partial charge on any atom is 0.413 e. The van der Waals surface area contributed by atoms with Gasteiger partial charge in [-0.1, -0.05) is 18.2 Å². The summed E-state index contributed by atoms with van der Waals surface area (Å²) in [4.78, 5) is 11.4. The van der Waals surface area contributed by atoms with E-state index in [1.54, 1.807) is 30.3 Å². The number of benzene rings is 1. The predicted octanol–water partition coefficient (Wildman–Crippen LogP) is 1.09. The lowest BCUT2D eigenvalue weighted by atomic mass is 10.3. The number of ether oxygens (including phenoxy) is 1. The van der Waals surface area contributed by atoms with Crippen molar-refractivity contribution in [2.24, 2.45) is 0 Å². The largest absolute Gasteiger partial charge is 0.413 e. The molecule has 0 saturated carbocycles. The van der Waals surface area contributed by atoms with Gasteiger partial charge >= 0.3 is 6.09 Å². The quantitative estimate of drug-likeness (QED) is 0.856. The highest BCUT2D eigenvalue weighted by Crippen LogP contribution is 2.10. The molecule has 1 atom stereocenters. The first kappa shape index (κ1) is 11.7. The van der Waals surface area contributed by atoms with Crippen LogP contribution < -0.4 is 10.1 Å².